The van der Waals surface area contributed by atoms with E-state index in [1.54, 1.807) is 0 Å². The standard InChI is InChI=1S/C17H13N3O18S6/c21-39(22,23)12(8-4-2-1-3-5-8)14(41(27,28)29)11-10(9-6-7-18-20-19-9)13(40(24,25)26)16(43(33,34)35)17(44(36,37)38)15(11)42(30,31)32/h1-7H,(H,21,22,23)(H,24,25,26)(H,27,28,29)(H,30,31,32)(H,33,34,35)(H,36,37,38). The van der Waals surface area contributed by atoms with E-state index in [1.165, 1.54) is 6.07 Å². The van der Waals surface area contributed by atoms with Crippen molar-refractivity contribution in [2.45, 2.75) is 19.6 Å². The summed E-state index contributed by atoms with van der Waals surface area (Å²) in [5.74, 6) is 0. The van der Waals surface area contributed by atoms with E-state index in [0.29, 0.717) is 24.4 Å². The maximum absolute atomic E-state index is 12.9. The molecule has 27 heteroatoms. The van der Waals surface area contributed by atoms with E-state index in [1.807, 2.05) is 0 Å². The van der Waals surface area contributed by atoms with Gasteiger partial charge in [0.25, 0.3) is 60.7 Å². The summed E-state index contributed by atoms with van der Waals surface area (Å²) in [7, 11) is -38.9. The molecule has 3 rings (SSSR count). The predicted molar refractivity (Wildman–Crippen MR) is 141 cm³/mol. The van der Waals surface area contributed by atoms with E-state index in [9.17, 15) is 77.8 Å². The molecule has 1 aromatic heterocycles. The first kappa shape index (κ1) is 35.1. The number of hydrogen-bond donors (Lipinski definition) is 6. The molecule has 0 bridgehead atoms. The van der Waals surface area contributed by atoms with E-state index in [4.69, 9.17) is 0 Å². The largest absolute Gasteiger partial charge is 0.297 e. The highest BCUT2D eigenvalue weighted by Crippen LogP contribution is 2.49. The van der Waals surface area contributed by atoms with Crippen LogP contribution in [0.25, 0.3) is 21.1 Å². The second kappa shape index (κ2) is 11.2. The fourth-order valence-corrected chi connectivity index (χ4v) is 11.1. The van der Waals surface area contributed by atoms with Crippen molar-refractivity contribution in [3.8, 4) is 11.3 Å². The Morgan fingerprint density at radius 1 is 0.523 bits per heavy atom. The topological polar surface area (TPSA) is 365 Å². The maximum atomic E-state index is 12.9. The zero-order valence-electron chi connectivity index (χ0n) is 20.4. The number of nitrogens with zero attached hydrogens (tertiary/aromatic N) is 3. The van der Waals surface area contributed by atoms with Gasteiger partial charge in [0.05, 0.1) is 11.9 Å². The highest BCUT2D eigenvalue weighted by Gasteiger charge is 2.47. The smallest absolute Gasteiger partial charge is 0.282 e. The lowest BCUT2D eigenvalue weighted by atomic mass is 10.0. The van der Waals surface area contributed by atoms with Crippen molar-refractivity contribution in [1.82, 2.24) is 15.4 Å². The van der Waals surface area contributed by atoms with Crippen LogP contribution in [0.4, 0.5) is 0 Å². The summed E-state index contributed by atoms with van der Waals surface area (Å²) in [6.45, 7) is 0. The SMILES string of the molecule is O=S(=O)(O)C(=C(c1c(-c2ccnnn2)c(S(=O)(=O)O)c(S(=O)(=O)O)c(S(=O)(=O)O)c1S(=O)(=O)O)S(=O)(=O)O)c1ccccc1. The molecule has 6 N–H and O–H groups in total. The van der Waals surface area contributed by atoms with Crippen molar-refractivity contribution in [2.75, 3.05) is 0 Å². The molecule has 0 aliphatic carbocycles. The van der Waals surface area contributed by atoms with Crippen LogP contribution in [-0.2, 0) is 60.7 Å². The van der Waals surface area contributed by atoms with Gasteiger partial charge in [-0.05, 0) is 16.8 Å². The molecule has 3 aromatic rings. The molecule has 44 heavy (non-hydrogen) atoms. The van der Waals surface area contributed by atoms with E-state index in [0.717, 1.165) is 12.1 Å². The third-order valence-electron chi connectivity index (χ3n) is 5.10. The first-order chi connectivity index (χ1) is 19.7. The van der Waals surface area contributed by atoms with Gasteiger partial charge in [-0.1, -0.05) is 30.3 Å². The van der Waals surface area contributed by atoms with Crippen molar-refractivity contribution in [3.63, 3.8) is 0 Å². The van der Waals surface area contributed by atoms with Crippen molar-refractivity contribution >= 4 is 70.5 Å². The Kier molecular flexibility index (Phi) is 8.96. The van der Waals surface area contributed by atoms with Gasteiger partial charge in [0.2, 0.25) is 0 Å². The van der Waals surface area contributed by atoms with Crippen molar-refractivity contribution in [1.29, 1.82) is 0 Å². The molecule has 0 saturated heterocycles. The van der Waals surface area contributed by atoms with Crippen molar-refractivity contribution in [3.05, 3.63) is 53.7 Å². The molecule has 0 saturated carbocycles. The van der Waals surface area contributed by atoms with Gasteiger partial charge in [0, 0.05) is 11.1 Å². The molecule has 0 radical (unpaired) electrons. The number of rotatable bonds is 9. The lowest BCUT2D eigenvalue weighted by Gasteiger charge is -2.23. The van der Waals surface area contributed by atoms with Gasteiger partial charge >= 0.3 is 0 Å². The second-order valence-electron chi connectivity index (χ2n) is 7.95. The lowest BCUT2D eigenvalue weighted by Crippen LogP contribution is -2.24. The zero-order chi connectivity index (χ0) is 33.8. The molecule has 240 valence electrons. The molecule has 0 amide bonds. The minimum Gasteiger partial charge on any atom is -0.282 e. The number of aromatic nitrogens is 3. The molecule has 1 heterocycles. The Morgan fingerprint density at radius 2 is 0.955 bits per heavy atom. The monoisotopic (exact) mass is 739 g/mol. The molecule has 0 spiro atoms. The fraction of sp³-hybridized carbons (Fsp3) is 0. The van der Waals surface area contributed by atoms with Gasteiger partial charge in [-0.2, -0.15) is 50.5 Å². The van der Waals surface area contributed by atoms with Gasteiger partial charge in [0.15, 0.2) is 0 Å². The summed E-state index contributed by atoms with van der Waals surface area (Å²) < 4.78 is 211. The Morgan fingerprint density at radius 3 is 1.32 bits per heavy atom. The predicted octanol–water partition coefficient (Wildman–Crippen LogP) is -0.873. The average molecular weight is 740 g/mol. The van der Waals surface area contributed by atoms with Crippen molar-refractivity contribution in [2.24, 2.45) is 0 Å². The summed E-state index contributed by atoms with van der Waals surface area (Å²) >= 11 is 0. The molecule has 0 fully saturated rings. The summed E-state index contributed by atoms with van der Waals surface area (Å²) in [5, 5.41) is 9.31. The van der Waals surface area contributed by atoms with E-state index < -0.39 is 112 Å². The van der Waals surface area contributed by atoms with Gasteiger partial charge < -0.3 is 0 Å². The molecule has 2 aromatic carbocycles. The van der Waals surface area contributed by atoms with Gasteiger partial charge in [0.1, 0.15) is 29.4 Å². The molecule has 0 aliphatic rings. The third-order valence-corrected chi connectivity index (χ3v) is 11.2. The Labute approximate surface area is 247 Å². The van der Waals surface area contributed by atoms with E-state index >= 15 is 0 Å². The Bertz CT molecular complexity index is 2390. The summed E-state index contributed by atoms with van der Waals surface area (Å²) in [4.78, 5) is -15.4. The zero-order valence-corrected chi connectivity index (χ0v) is 25.3. The summed E-state index contributed by atoms with van der Waals surface area (Å²) in [5.41, 5.74) is -6.65. The molecule has 0 aliphatic heterocycles. The van der Waals surface area contributed by atoms with Crippen LogP contribution in [-0.4, -0.2) is 93.2 Å². The quantitative estimate of drug-likeness (QED) is 0.115. The highest BCUT2D eigenvalue weighted by molar-refractivity contribution is 8.01. The van der Waals surface area contributed by atoms with E-state index in [-0.39, 0.29) is 0 Å². The molecular weight excluding hydrogens is 727 g/mol. The van der Waals surface area contributed by atoms with Crippen LogP contribution < -0.4 is 0 Å². The lowest BCUT2D eigenvalue weighted by molar-refractivity contribution is 0.447. The highest BCUT2D eigenvalue weighted by atomic mass is 32.2. The summed E-state index contributed by atoms with van der Waals surface area (Å²) in [6, 6.07) is 4.92. The first-order valence-corrected chi connectivity index (χ1v) is 18.9. The van der Waals surface area contributed by atoms with Crippen LogP contribution in [0.2, 0.25) is 0 Å². The first-order valence-electron chi connectivity index (χ1n) is 10.2. The minimum atomic E-state index is -6.65. The average Bonchev–Trinajstić information content (AvgIpc) is 2.83. The van der Waals surface area contributed by atoms with Crippen LogP contribution in [0.3, 0.4) is 0 Å². The summed E-state index contributed by atoms with van der Waals surface area (Å²) in [6.07, 6.45) is 0.550. The van der Waals surface area contributed by atoms with Crippen molar-refractivity contribution < 1.29 is 77.8 Å². The van der Waals surface area contributed by atoms with Gasteiger partial charge in [-0.15, -0.1) is 10.2 Å². The molecule has 21 nitrogen and oxygen atoms in total. The van der Waals surface area contributed by atoms with Crippen LogP contribution in [0.5, 0.6) is 0 Å². The molecule has 0 unspecified atom stereocenters. The van der Waals surface area contributed by atoms with Gasteiger partial charge in [-0.3, -0.25) is 27.3 Å². The molecule has 0 atom stereocenters. The number of benzene rings is 2. The van der Waals surface area contributed by atoms with Crippen LogP contribution in [0.15, 0.2) is 62.2 Å². The van der Waals surface area contributed by atoms with Gasteiger partial charge in [-0.25, -0.2) is 0 Å². The van der Waals surface area contributed by atoms with Crippen LogP contribution in [0.1, 0.15) is 11.1 Å². The maximum Gasteiger partial charge on any atom is 0.297 e. The Balaban J connectivity index is 3.23. The fourth-order valence-electron chi connectivity index (χ4n) is 3.80. The second-order valence-corrected chi connectivity index (χ2v) is 16.1. The van der Waals surface area contributed by atoms with Crippen LogP contribution >= 0.6 is 0 Å². The van der Waals surface area contributed by atoms with E-state index in [2.05, 4.69) is 15.4 Å². The van der Waals surface area contributed by atoms with Crippen LogP contribution in [0, 0.1) is 0 Å². The Hall–Kier alpha value is -3.35. The normalized spacial score (nSPS) is 14.2. The third kappa shape index (κ3) is 6.97. The molecular formula is C17H13N3O18S6. The number of hydrogen-bond acceptors (Lipinski definition) is 15. The minimum absolute atomic E-state index is 0.437.